The molecule has 5 heteroatoms. The topological polar surface area (TPSA) is 33.1 Å². The number of benzene rings is 1. The normalized spacial score (nSPS) is 12.7. The first kappa shape index (κ1) is 14.0. The summed E-state index contributed by atoms with van der Waals surface area (Å²) in [6, 6.07) is 5.50. The number of nitrogens with zero attached hydrogens (tertiary/aromatic N) is 1. The molecule has 18 heavy (non-hydrogen) atoms. The molecule has 1 unspecified atom stereocenters. The number of halogens is 2. The van der Waals surface area contributed by atoms with Gasteiger partial charge in [0.15, 0.2) is 0 Å². The average molecular weight is 347 g/mol. The number of rotatable bonds is 3. The van der Waals surface area contributed by atoms with Crippen molar-refractivity contribution >= 4 is 38.9 Å². The van der Waals surface area contributed by atoms with E-state index in [1.807, 2.05) is 26.0 Å². The monoisotopic (exact) mass is 345 g/mol. The molecule has 0 amide bonds. The van der Waals surface area contributed by atoms with Gasteiger partial charge in [-0.3, -0.25) is 0 Å². The molecule has 1 heterocycles. The van der Waals surface area contributed by atoms with E-state index in [2.05, 4.69) is 20.9 Å². The molecule has 0 radical (unpaired) electrons. The van der Waals surface area contributed by atoms with Gasteiger partial charge in [-0.2, -0.15) is 0 Å². The molecule has 1 atom stereocenters. The number of aliphatic hydroxyl groups is 1. The largest absolute Gasteiger partial charge is 0.388 e. The SMILES string of the molecule is Cc1nc(CC(O)c2ccc(Br)c(Cl)c2)sc1C. The van der Waals surface area contributed by atoms with Gasteiger partial charge in [0, 0.05) is 15.8 Å². The van der Waals surface area contributed by atoms with E-state index in [1.54, 1.807) is 17.4 Å². The Kier molecular flexibility index (Phi) is 4.43. The van der Waals surface area contributed by atoms with Crippen molar-refractivity contribution in [3.63, 3.8) is 0 Å². The highest BCUT2D eigenvalue weighted by atomic mass is 79.9. The molecule has 2 aromatic rings. The highest BCUT2D eigenvalue weighted by Gasteiger charge is 2.13. The predicted molar refractivity (Wildman–Crippen MR) is 79.4 cm³/mol. The molecule has 0 spiro atoms. The summed E-state index contributed by atoms with van der Waals surface area (Å²) in [5, 5.41) is 11.7. The molecule has 96 valence electrons. The van der Waals surface area contributed by atoms with Crippen LogP contribution in [0.1, 0.15) is 27.2 Å². The predicted octanol–water partition coefficient (Wildman–Crippen LogP) is 4.45. The lowest BCUT2D eigenvalue weighted by Gasteiger charge is -2.10. The van der Waals surface area contributed by atoms with Crippen molar-refractivity contribution in [3.05, 3.63) is 48.8 Å². The second-order valence-corrected chi connectivity index (χ2v) is 6.69. The van der Waals surface area contributed by atoms with Crippen molar-refractivity contribution in [2.75, 3.05) is 0 Å². The van der Waals surface area contributed by atoms with Crippen LogP contribution in [-0.2, 0) is 6.42 Å². The zero-order valence-electron chi connectivity index (χ0n) is 10.1. The molecule has 0 saturated heterocycles. The maximum absolute atomic E-state index is 10.2. The summed E-state index contributed by atoms with van der Waals surface area (Å²) < 4.78 is 0.834. The summed E-state index contributed by atoms with van der Waals surface area (Å²) in [5.41, 5.74) is 1.85. The van der Waals surface area contributed by atoms with Crippen molar-refractivity contribution in [2.24, 2.45) is 0 Å². The summed E-state index contributed by atoms with van der Waals surface area (Å²) in [5.74, 6) is 0. The third kappa shape index (κ3) is 3.12. The fourth-order valence-electron chi connectivity index (χ4n) is 1.63. The standard InChI is InChI=1S/C13H13BrClNOS/c1-7-8(2)18-13(16-7)6-12(17)9-3-4-10(14)11(15)5-9/h3-5,12,17H,6H2,1-2H3. The summed E-state index contributed by atoms with van der Waals surface area (Å²) in [6.07, 6.45) is -0.0438. The van der Waals surface area contributed by atoms with Crippen molar-refractivity contribution < 1.29 is 5.11 Å². The molecule has 0 saturated carbocycles. The molecule has 0 bridgehead atoms. The van der Waals surface area contributed by atoms with Gasteiger partial charge in [-0.05, 0) is 47.5 Å². The van der Waals surface area contributed by atoms with Gasteiger partial charge in [0.05, 0.1) is 21.8 Å². The smallest absolute Gasteiger partial charge is 0.0960 e. The fourth-order valence-corrected chi connectivity index (χ4v) is 3.04. The minimum atomic E-state index is -0.569. The van der Waals surface area contributed by atoms with Crippen LogP contribution in [0, 0.1) is 13.8 Å². The maximum Gasteiger partial charge on any atom is 0.0960 e. The Hall–Kier alpha value is -0.420. The first-order valence-electron chi connectivity index (χ1n) is 5.53. The first-order chi connectivity index (χ1) is 8.47. The Balaban J connectivity index is 2.16. The molecule has 0 aliphatic carbocycles. The zero-order chi connectivity index (χ0) is 13.3. The summed E-state index contributed by atoms with van der Waals surface area (Å²) >= 11 is 11.0. The third-order valence-corrected chi connectivity index (χ3v) is 5.10. The van der Waals surface area contributed by atoms with Gasteiger partial charge in [-0.1, -0.05) is 17.7 Å². The average Bonchev–Trinajstić information content (AvgIpc) is 2.61. The molecule has 1 aromatic carbocycles. The van der Waals surface area contributed by atoms with Crippen LogP contribution >= 0.6 is 38.9 Å². The van der Waals surface area contributed by atoms with Gasteiger partial charge in [0.1, 0.15) is 0 Å². The van der Waals surface area contributed by atoms with Crippen LogP contribution in [0.4, 0.5) is 0 Å². The minimum absolute atomic E-state index is 0.525. The summed E-state index contributed by atoms with van der Waals surface area (Å²) in [7, 11) is 0. The Bertz CT molecular complexity index is 551. The van der Waals surface area contributed by atoms with Gasteiger partial charge >= 0.3 is 0 Å². The van der Waals surface area contributed by atoms with E-state index in [9.17, 15) is 5.11 Å². The Labute approximate surface area is 124 Å². The zero-order valence-corrected chi connectivity index (χ0v) is 13.2. The summed E-state index contributed by atoms with van der Waals surface area (Å²) in [4.78, 5) is 5.63. The second-order valence-electron chi connectivity index (χ2n) is 4.14. The molecule has 0 aliphatic heterocycles. The van der Waals surface area contributed by atoms with Gasteiger partial charge in [-0.25, -0.2) is 4.98 Å². The van der Waals surface area contributed by atoms with Crippen molar-refractivity contribution in [3.8, 4) is 0 Å². The Morgan fingerprint density at radius 3 is 2.72 bits per heavy atom. The van der Waals surface area contributed by atoms with E-state index in [0.717, 1.165) is 20.7 Å². The maximum atomic E-state index is 10.2. The van der Waals surface area contributed by atoms with Crippen molar-refractivity contribution in [1.29, 1.82) is 0 Å². The van der Waals surface area contributed by atoms with E-state index in [-0.39, 0.29) is 0 Å². The van der Waals surface area contributed by atoms with E-state index in [0.29, 0.717) is 11.4 Å². The number of aromatic nitrogens is 1. The minimum Gasteiger partial charge on any atom is -0.388 e. The number of hydrogen-bond donors (Lipinski definition) is 1. The van der Waals surface area contributed by atoms with E-state index in [1.165, 1.54) is 4.88 Å². The molecular weight excluding hydrogens is 334 g/mol. The van der Waals surface area contributed by atoms with Crippen LogP contribution in [0.5, 0.6) is 0 Å². The number of aryl methyl sites for hydroxylation is 2. The van der Waals surface area contributed by atoms with Crippen LogP contribution in [0.25, 0.3) is 0 Å². The van der Waals surface area contributed by atoms with E-state index >= 15 is 0 Å². The number of thiazole rings is 1. The van der Waals surface area contributed by atoms with Crippen molar-refractivity contribution in [2.45, 2.75) is 26.4 Å². The molecule has 1 N–H and O–H groups in total. The van der Waals surface area contributed by atoms with Gasteiger partial charge in [-0.15, -0.1) is 11.3 Å². The van der Waals surface area contributed by atoms with Gasteiger partial charge < -0.3 is 5.11 Å². The van der Waals surface area contributed by atoms with Crippen LogP contribution < -0.4 is 0 Å². The lowest BCUT2D eigenvalue weighted by Crippen LogP contribution is -2.01. The number of aliphatic hydroxyl groups excluding tert-OH is 1. The van der Waals surface area contributed by atoms with Crippen molar-refractivity contribution in [1.82, 2.24) is 4.98 Å². The molecule has 0 fully saturated rings. The highest BCUT2D eigenvalue weighted by Crippen LogP contribution is 2.28. The van der Waals surface area contributed by atoms with E-state index < -0.39 is 6.10 Å². The van der Waals surface area contributed by atoms with Crippen LogP contribution in [0.3, 0.4) is 0 Å². The lowest BCUT2D eigenvalue weighted by atomic mass is 10.1. The van der Waals surface area contributed by atoms with Gasteiger partial charge in [0.25, 0.3) is 0 Å². The van der Waals surface area contributed by atoms with Crippen LogP contribution in [0.15, 0.2) is 22.7 Å². The summed E-state index contributed by atoms with van der Waals surface area (Å²) in [6.45, 7) is 4.03. The molecular formula is C13H13BrClNOS. The molecule has 2 nitrogen and oxygen atoms in total. The van der Waals surface area contributed by atoms with E-state index in [4.69, 9.17) is 11.6 Å². The quantitative estimate of drug-likeness (QED) is 0.890. The Morgan fingerprint density at radius 1 is 1.44 bits per heavy atom. The molecule has 0 aliphatic rings. The first-order valence-corrected chi connectivity index (χ1v) is 7.52. The second kappa shape index (κ2) is 5.70. The number of hydrogen-bond acceptors (Lipinski definition) is 3. The molecule has 1 aromatic heterocycles. The van der Waals surface area contributed by atoms with Crippen LogP contribution in [-0.4, -0.2) is 10.1 Å². The fraction of sp³-hybridized carbons (Fsp3) is 0.308. The van der Waals surface area contributed by atoms with Crippen LogP contribution in [0.2, 0.25) is 5.02 Å². The lowest BCUT2D eigenvalue weighted by molar-refractivity contribution is 0.178. The molecule has 2 rings (SSSR count). The van der Waals surface area contributed by atoms with Gasteiger partial charge in [0.2, 0.25) is 0 Å². The third-order valence-electron chi connectivity index (χ3n) is 2.77. The Morgan fingerprint density at radius 2 is 2.17 bits per heavy atom. The highest BCUT2D eigenvalue weighted by molar-refractivity contribution is 9.10.